The maximum Gasteiger partial charge on any atom is 0.213 e. The van der Waals surface area contributed by atoms with Gasteiger partial charge in [-0.2, -0.15) is 0 Å². The molecule has 0 aliphatic carbocycles. The number of aromatic nitrogens is 2. The van der Waals surface area contributed by atoms with Gasteiger partial charge in [0.2, 0.25) is 5.88 Å². The summed E-state index contributed by atoms with van der Waals surface area (Å²) >= 11 is 1.65. The number of pyridine rings is 1. The Balaban J connectivity index is 1.90. The number of aryl methyl sites for hydroxylation is 1. The Hall–Kier alpha value is -1.62. The van der Waals surface area contributed by atoms with Crippen molar-refractivity contribution in [2.75, 3.05) is 5.32 Å². The van der Waals surface area contributed by atoms with E-state index < -0.39 is 0 Å². The lowest BCUT2D eigenvalue weighted by atomic mass is 10.3. The van der Waals surface area contributed by atoms with Gasteiger partial charge in [-0.1, -0.05) is 6.07 Å². The maximum atomic E-state index is 5.49. The summed E-state index contributed by atoms with van der Waals surface area (Å²) in [6.07, 6.45) is 3.84. The van der Waals surface area contributed by atoms with Crippen LogP contribution in [0.5, 0.6) is 5.88 Å². The van der Waals surface area contributed by atoms with Crippen LogP contribution in [0.25, 0.3) is 0 Å². The SMILES string of the molecule is Cc1cnc(NCc2ccc(OC(C)C)nc2)s1. The van der Waals surface area contributed by atoms with Gasteiger partial charge in [0.15, 0.2) is 5.13 Å². The predicted octanol–water partition coefficient (Wildman–Crippen LogP) is 3.25. The Kier molecular flexibility index (Phi) is 4.15. The first-order valence-corrected chi connectivity index (χ1v) is 6.73. The molecule has 0 atom stereocenters. The molecule has 2 aromatic rings. The number of ether oxygens (including phenoxy) is 1. The molecule has 96 valence electrons. The van der Waals surface area contributed by atoms with Crippen molar-refractivity contribution in [3.63, 3.8) is 0 Å². The van der Waals surface area contributed by atoms with Crippen LogP contribution >= 0.6 is 11.3 Å². The first-order valence-electron chi connectivity index (χ1n) is 5.91. The fourth-order valence-corrected chi connectivity index (χ4v) is 2.10. The maximum absolute atomic E-state index is 5.49. The first-order chi connectivity index (χ1) is 8.63. The van der Waals surface area contributed by atoms with Gasteiger partial charge in [-0.25, -0.2) is 9.97 Å². The molecule has 0 spiro atoms. The Bertz CT molecular complexity index is 493. The Labute approximate surface area is 111 Å². The highest BCUT2D eigenvalue weighted by atomic mass is 32.1. The highest BCUT2D eigenvalue weighted by Crippen LogP contribution is 2.17. The predicted molar refractivity (Wildman–Crippen MR) is 74.2 cm³/mol. The molecule has 0 unspecified atom stereocenters. The summed E-state index contributed by atoms with van der Waals surface area (Å²) in [4.78, 5) is 9.71. The summed E-state index contributed by atoms with van der Waals surface area (Å²) in [5, 5.41) is 4.21. The van der Waals surface area contributed by atoms with Crippen molar-refractivity contribution >= 4 is 16.5 Å². The third-order valence-corrected chi connectivity index (χ3v) is 3.09. The molecule has 1 N–H and O–H groups in total. The van der Waals surface area contributed by atoms with Crippen LogP contribution in [0.4, 0.5) is 5.13 Å². The van der Waals surface area contributed by atoms with E-state index in [0.717, 1.165) is 17.2 Å². The number of nitrogens with zero attached hydrogens (tertiary/aromatic N) is 2. The van der Waals surface area contributed by atoms with Crippen molar-refractivity contribution in [2.45, 2.75) is 33.4 Å². The molecule has 0 aromatic carbocycles. The van der Waals surface area contributed by atoms with E-state index in [-0.39, 0.29) is 6.10 Å². The van der Waals surface area contributed by atoms with Gasteiger partial charge < -0.3 is 10.1 Å². The van der Waals surface area contributed by atoms with Gasteiger partial charge in [0.25, 0.3) is 0 Å². The van der Waals surface area contributed by atoms with Crippen LogP contribution in [0.1, 0.15) is 24.3 Å². The minimum absolute atomic E-state index is 0.153. The fourth-order valence-electron chi connectivity index (χ4n) is 1.44. The zero-order valence-corrected chi connectivity index (χ0v) is 11.6. The minimum Gasteiger partial charge on any atom is -0.475 e. The average Bonchev–Trinajstić information content (AvgIpc) is 2.74. The molecule has 2 aromatic heterocycles. The zero-order valence-electron chi connectivity index (χ0n) is 10.8. The van der Waals surface area contributed by atoms with E-state index in [4.69, 9.17) is 4.74 Å². The Morgan fingerprint density at radius 2 is 2.11 bits per heavy atom. The molecule has 0 amide bonds. The molecular formula is C13H17N3OS. The normalized spacial score (nSPS) is 10.7. The van der Waals surface area contributed by atoms with E-state index >= 15 is 0 Å². The van der Waals surface area contributed by atoms with Crippen molar-refractivity contribution in [3.05, 3.63) is 35.0 Å². The summed E-state index contributed by atoms with van der Waals surface area (Å²) in [5.74, 6) is 0.666. The summed E-state index contributed by atoms with van der Waals surface area (Å²) < 4.78 is 5.49. The van der Waals surface area contributed by atoms with Gasteiger partial charge in [-0.3, -0.25) is 0 Å². The van der Waals surface area contributed by atoms with E-state index in [2.05, 4.69) is 15.3 Å². The Morgan fingerprint density at radius 1 is 1.28 bits per heavy atom. The molecule has 4 nitrogen and oxygen atoms in total. The standard InChI is InChI=1S/C13H17N3OS/c1-9(2)17-12-5-4-11(7-14-12)8-16-13-15-6-10(3)18-13/h4-7,9H,8H2,1-3H3,(H,15,16). The second-order valence-corrected chi connectivity index (χ2v) is 5.54. The minimum atomic E-state index is 0.153. The molecule has 0 aliphatic heterocycles. The van der Waals surface area contributed by atoms with Gasteiger partial charge in [-0.15, -0.1) is 11.3 Å². The highest BCUT2D eigenvalue weighted by molar-refractivity contribution is 7.15. The van der Waals surface area contributed by atoms with E-state index in [1.807, 2.05) is 45.3 Å². The van der Waals surface area contributed by atoms with E-state index in [1.54, 1.807) is 11.3 Å². The number of rotatable bonds is 5. The Morgan fingerprint density at radius 3 is 2.67 bits per heavy atom. The van der Waals surface area contributed by atoms with Gasteiger partial charge in [0.1, 0.15) is 0 Å². The number of nitrogens with one attached hydrogen (secondary N) is 1. The van der Waals surface area contributed by atoms with E-state index in [9.17, 15) is 0 Å². The lowest BCUT2D eigenvalue weighted by Crippen LogP contribution is -2.07. The van der Waals surface area contributed by atoms with Crippen molar-refractivity contribution < 1.29 is 4.74 Å². The molecule has 0 radical (unpaired) electrons. The molecule has 5 heteroatoms. The third kappa shape index (κ3) is 3.70. The number of hydrogen-bond donors (Lipinski definition) is 1. The van der Waals surface area contributed by atoms with Gasteiger partial charge in [0, 0.05) is 29.9 Å². The molecule has 2 rings (SSSR count). The van der Waals surface area contributed by atoms with E-state index in [0.29, 0.717) is 5.88 Å². The second kappa shape index (κ2) is 5.82. The average molecular weight is 263 g/mol. The van der Waals surface area contributed by atoms with Crippen LogP contribution in [0, 0.1) is 6.92 Å². The van der Waals surface area contributed by atoms with Crippen LogP contribution in [-0.2, 0) is 6.54 Å². The molecule has 0 fully saturated rings. The van der Waals surface area contributed by atoms with Crippen molar-refractivity contribution in [2.24, 2.45) is 0 Å². The van der Waals surface area contributed by atoms with Gasteiger partial charge in [-0.05, 0) is 26.3 Å². The van der Waals surface area contributed by atoms with Crippen molar-refractivity contribution in [3.8, 4) is 5.88 Å². The van der Waals surface area contributed by atoms with Crippen LogP contribution in [0.15, 0.2) is 24.5 Å². The molecule has 18 heavy (non-hydrogen) atoms. The first kappa shape index (κ1) is 12.8. The molecule has 2 heterocycles. The van der Waals surface area contributed by atoms with Crippen molar-refractivity contribution in [1.82, 2.24) is 9.97 Å². The summed E-state index contributed by atoms with van der Waals surface area (Å²) in [7, 11) is 0. The molecule has 0 aliphatic rings. The van der Waals surface area contributed by atoms with Gasteiger partial charge >= 0.3 is 0 Å². The van der Waals surface area contributed by atoms with Crippen molar-refractivity contribution in [1.29, 1.82) is 0 Å². The van der Waals surface area contributed by atoms with Crippen LogP contribution < -0.4 is 10.1 Å². The summed E-state index contributed by atoms with van der Waals surface area (Å²) in [6, 6.07) is 3.91. The smallest absolute Gasteiger partial charge is 0.213 e. The largest absolute Gasteiger partial charge is 0.475 e. The third-order valence-electron chi connectivity index (χ3n) is 2.22. The van der Waals surface area contributed by atoms with Crippen LogP contribution in [0.2, 0.25) is 0 Å². The fraction of sp³-hybridized carbons (Fsp3) is 0.385. The monoisotopic (exact) mass is 263 g/mol. The lowest BCUT2D eigenvalue weighted by molar-refractivity contribution is 0.232. The van der Waals surface area contributed by atoms with Gasteiger partial charge in [0.05, 0.1) is 6.10 Å². The topological polar surface area (TPSA) is 47.0 Å². The van der Waals surface area contributed by atoms with Crippen LogP contribution in [0.3, 0.4) is 0 Å². The number of thiazole rings is 1. The second-order valence-electron chi connectivity index (χ2n) is 4.30. The highest BCUT2D eigenvalue weighted by Gasteiger charge is 2.01. The zero-order chi connectivity index (χ0) is 13.0. The summed E-state index contributed by atoms with van der Waals surface area (Å²) in [6.45, 7) is 6.74. The quantitative estimate of drug-likeness (QED) is 0.899. The molecular weight excluding hydrogens is 246 g/mol. The number of hydrogen-bond acceptors (Lipinski definition) is 5. The number of anilines is 1. The molecule has 0 saturated carbocycles. The molecule has 0 saturated heterocycles. The lowest BCUT2D eigenvalue weighted by Gasteiger charge is -2.09. The molecule has 0 bridgehead atoms. The summed E-state index contributed by atoms with van der Waals surface area (Å²) in [5.41, 5.74) is 1.11. The van der Waals surface area contributed by atoms with Crippen LogP contribution in [-0.4, -0.2) is 16.1 Å². The van der Waals surface area contributed by atoms with E-state index in [1.165, 1.54) is 4.88 Å².